The van der Waals surface area contributed by atoms with Crippen LogP contribution in [0.4, 0.5) is 0 Å². The average molecular weight is 309 g/mol. The number of aryl methyl sites for hydroxylation is 1. The van der Waals surface area contributed by atoms with Crippen LogP contribution in [0, 0.1) is 6.92 Å². The van der Waals surface area contributed by atoms with Gasteiger partial charge in [0.1, 0.15) is 26.1 Å². The number of esters is 1. The predicted molar refractivity (Wildman–Crippen MR) is 71.7 cm³/mol. The zero-order valence-corrected chi connectivity index (χ0v) is 11.9. The summed E-state index contributed by atoms with van der Waals surface area (Å²) in [5.74, 6) is -0.612. The Morgan fingerprint density at radius 3 is 3.14 bits per heavy atom. The zero-order valence-electron chi connectivity index (χ0n) is 11.1. The van der Waals surface area contributed by atoms with Crippen LogP contribution < -0.4 is 5.56 Å². The number of fused-ring (bicyclic) bond motifs is 1. The fourth-order valence-corrected chi connectivity index (χ4v) is 2.55. The van der Waals surface area contributed by atoms with E-state index >= 15 is 0 Å². The number of aromatic nitrogens is 3. The first-order valence-corrected chi connectivity index (χ1v) is 6.93. The zero-order chi connectivity index (χ0) is 14.8. The fraction of sp³-hybridized carbons (Fsp3) is 0.333. The maximum absolute atomic E-state index is 11.7. The van der Waals surface area contributed by atoms with Crippen LogP contribution in [-0.4, -0.2) is 33.8 Å². The van der Waals surface area contributed by atoms with Gasteiger partial charge < -0.3 is 14.2 Å². The van der Waals surface area contributed by atoms with Crippen LogP contribution in [0.25, 0.3) is 4.96 Å². The van der Waals surface area contributed by atoms with Crippen molar-refractivity contribution in [2.24, 2.45) is 0 Å². The van der Waals surface area contributed by atoms with Crippen LogP contribution in [0.1, 0.15) is 10.7 Å². The van der Waals surface area contributed by atoms with Crippen LogP contribution >= 0.6 is 11.3 Å². The van der Waals surface area contributed by atoms with E-state index in [1.54, 1.807) is 6.92 Å². The van der Waals surface area contributed by atoms with Crippen molar-refractivity contribution in [1.82, 2.24) is 14.6 Å². The SMILES string of the molecule is Cc1cc(=O)n2nc(COC(=O)C3=COCCO3)sc2n1. The van der Waals surface area contributed by atoms with Crippen LogP contribution in [-0.2, 0) is 25.6 Å². The minimum absolute atomic E-state index is 0.0218. The van der Waals surface area contributed by atoms with Gasteiger partial charge in [-0.2, -0.15) is 9.61 Å². The molecule has 2 aromatic heterocycles. The Balaban J connectivity index is 1.73. The smallest absolute Gasteiger partial charge is 0.377 e. The van der Waals surface area contributed by atoms with E-state index < -0.39 is 5.97 Å². The Hall–Kier alpha value is -2.42. The quantitative estimate of drug-likeness (QED) is 0.757. The molecule has 21 heavy (non-hydrogen) atoms. The van der Waals surface area contributed by atoms with Gasteiger partial charge in [0.2, 0.25) is 10.7 Å². The van der Waals surface area contributed by atoms with Crippen LogP contribution in [0.15, 0.2) is 22.9 Å². The molecule has 0 N–H and O–H groups in total. The Kier molecular flexibility index (Phi) is 3.57. The van der Waals surface area contributed by atoms with E-state index in [0.717, 1.165) is 0 Å². The van der Waals surface area contributed by atoms with Gasteiger partial charge in [-0.05, 0) is 6.92 Å². The van der Waals surface area contributed by atoms with Crippen molar-refractivity contribution >= 4 is 22.3 Å². The van der Waals surface area contributed by atoms with Gasteiger partial charge in [-0.1, -0.05) is 11.3 Å². The molecule has 3 rings (SSSR count). The molecule has 9 heteroatoms. The lowest BCUT2D eigenvalue weighted by Crippen LogP contribution is -2.17. The van der Waals surface area contributed by atoms with Crippen LogP contribution in [0.2, 0.25) is 0 Å². The first-order valence-electron chi connectivity index (χ1n) is 6.11. The lowest BCUT2D eigenvalue weighted by atomic mass is 10.5. The number of nitrogens with zero attached hydrogens (tertiary/aromatic N) is 3. The summed E-state index contributed by atoms with van der Waals surface area (Å²) in [6.07, 6.45) is 1.22. The average Bonchev–Trinajstić information content (AvgIpc) is 2.89. The van der Waals surface area contributed by atoms with Crippen molar-refractivity contribution < 1.29 is 19.0 Å². The fourth-order valence-electron chi connectivity index (χ4n) is 1.69. The van der Waals surface area contributed by atoms with Crippen LogP contribution in [0.3, 0.4) is 0 Å². The highest BCUT2D eigenvalue weighted by Crippen LogP contribution is 2.14. The van der Waals surface area contributed by atoms with E-state index in [1.165, 1.54) is 28.2 Å². The van der Waals surface area contributed by atoms with Gasteiger partial charge in [0, 0.05) is 11.8 Å². The molecule has 3 heterocycles. The normalized spacial score (nSPS) is 14.2. The van der Waals surface area contributed by atoms with Crippen molar-refractivity contribution in [2.45, 2.75) is 13.5 Å². The highest BCUT2D eigenvalue weighted by molar-refractivity contribution is 7.16. The topological polar surface area (TPSA) is 92.0 Å². The molecule has 0 fully saturated rings. The third-order valence-electron chi connectivity index (χ3n) is 2.59. The molecule has 0 saturated heterocycles. The van der Waals surface area contributed by atoms with E-state index in [9.17, 15) is 9.59 Å². The minimum Gasteiger partial charge on any atom is -0.493 e. The molecule has 2 aromatic rings. The molecule has 0 bridgehead atoms. The summed E-state index contributed by atoms with van der Waals surface area (Å²) in [6, 6.07) is 1.39. The molecule has 0 aromatic carbocycles. The Morgan fingerprint density at radius 2 is 2.38 bits per heavy atom. The molecule has 0 atom stereocenters. The molecule has 110 valence electrons. The van der Waals surface area contributed by atoms with Crippen molar-refractivity contribution in [3.8, 4) is 0 Å². The summed E-state index contributed by atoms with van der Waals surface area (Å²) in [7, 11) is 0. The first-order chi connectivity index (χ1) is 10.1. The second kappa shape index (κ2) is 5.52. The number of hydrogen-bond acceptors (Lipinski definition) is 8. The third kappa shape index (κ3) is 2.87. The highest BCUT2D eigenvalue weighted by Gasteiger charge is 2.18. The molecular formula is C12H11N3O5S. The van der Waals surface area contributed by atoms with Crippen molar-refractivity contribution in [2.75, 3.05) is 13.2 Å². The van der Waals surface area contributed by atoms with E-state index in [1.807, 2.05) is 0 Å². The Labute approximate surface area is 122 Å². The van der Waals surface area contributed by atoms with E-state index in [4.69, 9.17) is 14.2 Å². The molecular weight excluding hydrogens is 298 g/mol. The second-order valence-electron chi connectivity index (χ2n) is 4.20. The summed E-state index contributed by atoms with van der Waals surface area (Å²) in [6.45, 7) is 2.38. The molecule has 0 spiro atoms. The molecule has 1 aliphatic heterocycles. The van der Waals surface area contributed by atoms with Gasteiger partial charge >= 0.3 is 5.97 Å². The molecule has 0 unspecified atom stereocenters. The maximum atomic E-state index is 11.7. The third-order valence-corrected chi connectivity index (χ3v) is 3.47. The van der Waals surface area contributed by atoms with Gasteiger partial charge in [-0.25, -0.2) is 9.78 Å². The summed E-state index contributed by atoms with van der Waals surface area (Å²) in [4.78, 5) is 28.1. The Morgan fingerprint density at radius 1 is 1.52 bits per heavy atom. The van der Waals surface area contributed by atoms with Crippen molar-refractivity contribution in [1.29, 1.82) is 0 Å². The van der Waals surface area contributed by atoms with Gasteiger partial charge in [0.25, 0.3) is 5.56 Å². The van der Waals surface area contributed by atoms with Gasteiger partial charge in [0.05, 0.1) is 0 Å². The summed E-state index contributed by atoms with van der Waals surface area (Å²) in [5.41, 5.74) is 0.350. The van der Waals surface area contributed by atoms with E-state index in [0.29, 0.717) is 28.9 Å². The summed E-state index contributed by atoms with van der Waals surface area (Å²) < 4.78 is 16.3. The second-order valence-corrected chi connectivity index (χ2v) is 5.24. The number of rotatable bonds is 3. The summed E-state index contributed by atoms with van der Waals surface area (Å²) >= 11 is 1.19. The number of carbonyl (C=O) groups is 1. The lowest BCUT2D eigenvalue weighted by molar-refractivity contribution is -0.145. The summed E-state index contributed by atoms with van der Waals surface area (Å²) in [5, 5.41) is 4.53. The Bertz CT molecular complexity index is 779. The van der Waals surface area contributed by atoms with Crippen LogP contribution in [0.5, 0.6) is 0 Å². The number of carbonyl (C=O) groups excluding carboxylic acids is 1. The van der Waals surface area contributed by atoms with Gasteiger partial charge in [-0.3, -0.25) is 4.79 Å². The number of hydrogen-bond donors (Lipinski definition) is 0. The van der Waals surface area contributed by atoms with E-state index in [-0.39, 0.29) is 17.9 Å². The minimum atomic E-state index is -0.634. The first kappa shape index (κ1) is 13.6. The van der Waals surface area contributed by atoms with Crippen molar-refractivity contribution in [3.05, 3.63) is 39.1 Å². The lowest BCUT2D eigenvalue weighted by Gasteiger charge is -2.13. The largest absolute Gasteiger partial charge is 0.493 e. The molecule has 0 amide bonds. The monoisotopic (exact) mass is 309 g/mol. The predicted octanol–water partition coefficient (Wildman–Crippen LogP) is 0.391. The maximum Gasteiger partial charge on any atom is 0.377 e. The molecule has 0 saturated carbocycles. The van der Waals surface area contributed by atoms with Gasteiger partial charge in [0.15, 0.2) is 5.01 Å². The molecule has 1 aliphatic rings. The molecule has 0 radical (unpaired) electrons. The highest BCUT2D eigenvalue weighted by atomic mass is 32.1. The molecule has 8 nitrogen and oxygen atoms in total. The standard InChI is InChI=1S/C12H11N3O5S/c1-7-4-10(16)15-12(13-7)21-9(14-15)6-20-11(17)8-5-18-2-3-19-8/h4-5H,2-3,6H2,1H3. The van der Waals surface area contributed by atoms with E-state index in [2.05, 4.69) is 10.1 Å². The molecule has 0 aliphatic carbocycles. The number of ether oxygens (including phenoxy) is 3. The van der Waals surface area contributed by atoms with Gasteiger partial charge in [-0.15, -0.1) is 0 Å². The van der Waals surface area contributed by atoms with Crippen molar-refractivity contribution in [3.63, 3.8) is 0 Å².